The van der Waals surface area contributed by atoms with Crippen molar-refractivity contribution in [3.8, 4) is 0 Å². The van der Waals surface area contributed by atoms with E-state index in [9.17, 15) is 27.7 Å². The van der Waals surface area contributed by atoms with Crippen molar-refractivity contribution in [1.29, 1.82) is 0 Å². The van der Waals surface area contributed by atoms with E-state index >= 15 is 0 Å². The summed E-state index contributed by atoms with van der Waals surface area (Å²) in [6.07, 6.45) is 0. The lowest BCUT2D eigenvalue weighted by atomic mass is 9.87. The number of carbonyl (C=O) groups is 1. The Hall–Kier alpha value is -2.48. The van der Waals surface area contributed by atoms with Crippen LogP contribution in [0.3, 0.4) is 0 Å². The van der Waals surface area contributed by atoms with Crippen LogP contribution in [0.15, 0.2) is 41.1 Å². The lowest BCUT2D eigenvalue weighted by Gasteiger charge is -2.28. The monoisotopic (exact) mass is 338 g/mol. The lowest BCUT2D eigenvalue weighted by Crippen LogP contribution is -2.52. The van der Waals surface area contributed by atoms with E-state index in [1.165, 1.54) is 6.92 Å². The van der Waals surface area contributed by atoms with Crippen molar-refractivity contribution in [3.05, 3.63) is 36.0 Å². The number of rotatable bonds is 4. The second-order valence-corrected chi connectivity index (χ2v) is 6.99. The summed E-state index contributed by atoms with van der Waals surface area (Å²) in [6.45, 7) is 2.22. The summed E-state index contributed by atoms with van der Waals surface area (Å²) in [7, 11) is -5.04. The van der Waals surface area contributed by atoms with Gasteiger partial charge in [0.15, 0.2) is 0 Å². The number of para-hydroxylation sites is 1. The summed E-state index contributed by atoms with van der Waals surface area (Å²) in [5.74, 6) is -1.69. The highest BCUT2D eigenvalue weighted by Crippen LogP contribution is 2.39. The van der Waals surface area contributed by atoms with Crippen LogP contribution in [0.25, 0.3) is 0 Å². The Bertz CT molecular complexity index is 826. The van der Waals surface area contributed by atoms with Crippen molar-refractivity contribution >= 4 is 33.4 Å². The minimum Gasteiger partial charge on any atom is -0.480 e. The van der Waals surface area contributed by atoms with Crippen LogP contribution in [0.1, 0.15) is 13.8 Å². The first-order valence-corrected chi connectivity index (χ1v) is 7.94. The van der Waals surface area contributed by atoms with Crippen molar-refractivity contribution in [2.45, 2.75) is 18.6 Å². The maximum absolute atomic E-state index is 11.7. The topological polar surface area (TPSA) is 124 Å². The van der Waals surface area contributed by atoms with Gasteiger partial charge in [0, 0.05) is 5.71 Å². The molecule has 1 aliphatic heterocycles. The third kappa shape index (κ3) is 2.55. The van der Waals surface area contributed by atoms with Crippen molar-refractivity contribution in [1.82, 2.24) is 0 Å². The van der Waals surface area contributed by atoms with Crippen molar-refractivity contribution < 1.29 is 27.7 Å². The number of carboxylic acid groups (broad SMARTS) is 1. The van der Waals surface area contributed by atoms with Crippen LogP contribution >= 0.6 is 0 Å². The Kier molecular flexibility index (Phi) is 4.12. The van der Waals surface area contributed by atoms with Gasteiger partial charge in [0.2, 0.25) is 4.75 Å². The first kappa shape index (κ1) is 16.9. The van der Waals surface area contributed by atoms with Gasteiger partial charge in [-0.05, 0) is 26.0 Å². The van der Waals surface area contributed by atoms with Gasteiger partial charge in [-0.15, -0.1) is 0 Å². The molecule has 1 aromatic carbocycles. The van der Waals surface area contributed by atoms with Gasteiger partial charge >= 0.3 is 5.97 Å². The molecule has 1 aliphatic rings. The second kappa shape index (κ2) is 5.62. The molecule has 0 aliphatic carbocycles. The van der Waals surface area contributed by atoms with Crippen LogP contribution in [0, 0.1) is 5.92 Å². The first-order valence-electron chi connectivity index (χ1n) is 6.50. The summed E-state index contributed by atoms with van der Waals surface area (Å²) in [5, 5.41) is 14.6. The number of benzene rings is 1. The molecule has 2 unspecified atom stereocenters. The van der Waals surface area contributed by atoms with Crippen LogP contribution in [0.4, 0.5) is 5.69 Å². The number of hydrazone groups is 1. The number of allylic oxidation sites excluding steroid dienone is 1. The molecule has 0 saturated heterocycles. The highest BCUT2D eigenvalue weighted by Gasteiger charge is 2.58. The molecular formula is C14H14N2O6S. The van der Waals surface area contributed by atoms with Crippen LogP contribution < -0.4 is 5.01 Å². The lowest BCUT2D eigenvalue weighted by molar-refractivity contribution is -0.140. The molecule has 1 aromatic rings. The first-order chi connectivity index (χ1) is 10.6. The quantitative estimate of drug-likeness (QED) is 0.618. The highest BCUT2D eigenvalue weighted by molar-refractivity contribution is 7.88. The van der Waals surface area contributed by atoms with E-state index in [1.54, 1.807) is 36.3 Å². The fraction of sp³-hybridized carbons (Fsp3) is 0.286. The fourth-order valence-corrected chi connectivity index (χ4v) is 3.30. The van der Waals surface area contributed by atoms with Gasteiger partial charge < -0.3 is 5.11 Å². The van der Waals surface area contributed by atoms with Gasteiger partial charge in [-0.25, -0.2) is 9.80 Å². The summed E-state index contributed by atoms with van der Waals surface area (Å²) in [5.41, 5.74) is 0.210. The minimum absolute atomic E-state index is 0.0646. The molecule has 0 aromatic heterocycles. The minimum atomic E-state index is -5.04. The predicted octanol–water partition coefficient (Wildman–Crippen LogP) is 0.945. The zero-order valence-electron chi connectivity index (χ0n) is 12.3. The largest absolute Gasteiger partial charge is 0.480 e. The number of carbonyl (C=O) groups excluding carboxylic acids is 1. The molecule has 1 heterocycles. The summed E-state index contributed by atoms with van der Waals surface area (Å²) in [6, 6.07) is 8.31. The maximum Gasteiger partial charge on any atom is 0.328 e. The molecule has 0 fully saturated rings. The molecular weight excluding hydrogens is 324 g/mol. The Morgan fingerprint density at radius 2 is 1.91 bits per heavy atom. The number of nitrogens with zero attached hydrogens (tertiary/aromatic N) is 2. The molecule has 23 heavy (non-hydrogen) atoms. The zero-order valence-corrected chi connectivity index (χ0v) is 13.1. The van der Waals surface area contributed by atoms with E-state index in [1.807, 2.05) is 0 Å². The smallest absolute Gasteiger partial charge is 0.328 e. The normalized spacial score (nSPS) is 20.7. The van der Waals surface area contributed by atoms with Crippen LogP contribution in [-0.4, -0.2) is 40.4 Å². The molecule has 9 heteroatoms. The van der Waals surface area contributed by atoms with E-state index in [0.717, 1.165) is 11.9 Å². The van der Waals surface area contributed by atoms with E-state index in [0.29, 0.717) is 5.69 Å². The SMILES string of the molecule is CC1=NN(c2ccccc2)C(=C=O)C1C(C)(C(=O)O)S(=O)(=O)O. The Morgan fingerprint density at radius 3 is 2.35 bits per heavy atom. The molecule has 0 spiro atoms. The summed E-state index contributed by atoms with van der Waals surface area (Å²) in [4.78, 5) is 22.9. The van der Waals surface area contributed by atoms with Crippen LogP contribution in [0.2, 0.25) is 0 Å². The van der Waals surface area contributed by atoms with Gasteiger partial charge in [-0.3, -0.25) is 9.35 Å². The number of hydrogen-bond donors (Lipinski definition) is 2. The van der Waals surface area contributed by atoms with E-state index < -0.39 is 26.8 Å². The summed E-state index contributed by atoms with van der Waals surface area (Å²) >= 11 is 0. The molecule has 122 valence electrons. The predicted molar refractivity (Wildman–Crippen MR) is 82.3 cm³/mol. The Morgan fingerprint density at radius 1 is 1.35 bits per heavy atom. The maximum atomic E-state index is 11.7. The van der Waals surface area contributed by atoms with E-state index in [4.69, 9.17) is 0 Å². The van der Waals surface area contributed by atoms with E-state index in [-0.39, 0.29) is 11.4 Å². The average Bonchev–Trinajstić information content (AvgIpc) is 2.82. The third-order valence-corrected chi connectivity index (χ3v) is 5.28. The molecule has 2 rings (SSSR count). The molecule has 0 saturated carbocycles. The Labute approximate surface area is 132 Å². The molecule has 2 N–H and O–H groups in total. The molecule has 0 amide bonds. The standard InChI is InChI=1S/C14H14N2O6S/c1-9-12(14(2,13(18)19)23(20,21)22)11(8-17)16(15-9)10-6-4-3-5-7-10/h3-7,12H,1-2H3,(H,18,19)(H,20,21,22). The van der Waals surface area contributed by atoms with Gasteiger partial charge in [-0.1, -0.05) is 18.2 Å². The van der Waals surface area contributed by atoms with Crippen molar-refractivity contribution in [2.24, 2.45) is 11.0 Å². The molecule has 0 bridgehead atoms. The second-order valence-electron chi connectivity index (χ2n) is 5.20. The van der Waals surface area contributed by atoms with Gasteiger partial charge in [-0.2, -0.15) is 13.5 Å². The zero-order chi connectivity index (χ0) is 17.4. The fourth-order valence-electron chi connectivity index (χ4n) is 2.50. The van der Waals surface area contributed by atoms with E-state index in [2.05, 4.69) is 5.10 Å². The summed E-state index contributed by atoms with van der Waals surface area (Å²) < 4.78 is 30.2. The van der Waals surface area contributed by atoms with Crippen molar-refractivity contribution in [3.63, 3.8) is 0 Å². The Balaban J connectivity index is 2.64. The average molecular weight is 338 g/mol. The number of anilines is 1. The van der Waals surface area contributed by atoms with Crippen LogP contribution in [0.5, 0.6) is 0 Å². The highest BCUT2D eigenvalue weighted by atomic mass is 32.2. The number of hydrogen-bond acceptors (Lipinski definition) is 6. The van der Waals surface area contributed by atoms with Gasteiger partial charge in [0.05, 0.1) is 11.6 Å². The number of carboxylic acids is 1. The van der Waals surface area contributed by atoms with Crippen molar-refractivity contribution in [2.75, 3.05) is 5.01 Å². The molecule has 0 radical (unpaired) electrons. The van der Waals surface area contributed by atoms with Crippen LogP contribution in [-0.2, 0) is 19.7 Å². The van der Waals surface area contributed by atoms with Gasteiger partial charge in [0.1, 0.15) is 11.6 Å². The van der Waals surface area contributed by atoms with Gasteiger partial charge in [0.25, 0.3) is 10.1 Å². The third-order valence-electron chi connectivity index (χ3n) is 3.79. The number of aliphatic carboxylic acids is 1. The molecule has 2 atom stereocenters. The molecule has 8 nitrogen and oxygen atoms in total.